The van der Waals surface area contributed by atoms with Gasteiger partial charge in [-0.05, 0) is 61.6 Å². The first-order chi connectivity index (χ1) is 12.4. The zero-order valence-corrected chi connectivity index (χ0v) is 16.8. The van der Waals surface area contributed by atoms with Crippen LogP contribution in [0.15, 0.2) is 47.4 Å². The summed E-state index contributed by atoms with van der Waals surface area (Å²) in [7, 11) is 0.621. The topological polar surface area (TPSA) is 58.6 Å². The molecule has 2 aromatic carbocycles. The van der Waals surface area contributed by atoms with Crippen LogP contribution in [-0.4, -0.2) is 35.3 Å². The monoisotopic (exact) mass is 375 g/mol. The molecule has 3 atom stereocenters. The third-order valence-corrected chi connectivity index (χ3v) is 5.65. The van der Waals surface area contributed by atoms with Gasteiger partial charge in [0.05, 0.1) is 24.0 Å². The van der Waals surface area contributed by atoms with E-state index in [2.05, 4.69) is 24.4 Å². The van der Waals surface area contributed by atoms with E-state index in [-0.39, 0.29) is 6.04 Å². The standard InChI is InChI=1S/C21H29NO3S/c1-15-5-10-18(13-21(15)26(4)24)20(23)14-22-16(2)6-7-17-8-11-19(25-3)12-9-17/h5,8-13,16,20,22-23H,6-7,14H2,1-4H3. The molecule has 0 heterocycles. The number of methoxy groups -OCH3 is 1. The molecule has 2 N–H and O–H groups in total. The van der Waals surface area contributed by atoms with Crippen molar-refractivity contribution in [3.63, 3.8) is 0 Å². The molecule has 0 aliphatic heterocycles. The van der Waals surface area contributed by atoms with E-state index in [1.165, 1.54) is 5.56 Å². The fourth-order valence-corrected chi connectivity index (χ4v) is 3.67. The lowest BCUT2D eigenvalue weighted by Crippen LogP contribution is -2.30. The summed E-state index contributed by atoms with van der Waals surface area (Å²) in [6, 6.07) is 14.1. The number of aryl methyl sites for hydroxylation is 2. The van der Waals surface area contributed by atoms with E-state index in [0.29, 0.717) is 6.54 Å². The molecule has 0 aliphatic carbocycles. The van der Waals surface area contributed by atoms with Gasteiger partial charge in [0.15, 0.2) is 0 Å². The summed E-state index contributed by atoms with van der Waals surface area (Å²) in [5.41, 5.74) is 3.06. The SMILES string of the molecule is COc1ccc(CCC(C)NCC(O)c2ccc(C)c(S(C)=O)c2)cc1. The van der Waals surface area contributed by atoms with Gasteiger partial charge in [0, 0.05) is 23.7 Å². The normalized spacial score (nSPS) is 14.7. The molecule has 0 fully saturated rings. The Bertz CT molecular complexity index is 731. The van der Waals surface area contributed by atoms with Crippen molar-refractivity contribution in [1.82, 2.24) is 5.32 Å². The highest BCUT2D eigenvalue weighted by molar-refractivity contribution is 7.84. The lowest BCUT2D eigenvalue weighted by Gasteiger charge is -2.18. The van der Waals surface area contributed by atoms with Crippen molar-refractivity contribution in [2.45, 2.75) is 43.7 Å². The molecule has 0 saturated heterocycles. The van der Waals surface area contributed by atoms with E-state index in [1.807, 2.05) is 37.3 Å². The molecule has 2 rings (SSSR count). The van der Waals surface area contributed by atoms with Gasteiger partial charge < -0.3 is 15.2 Å². The molecule has 0 radical (unpaired) electrons. The second-order valence-corrected chi connectivity index (χ2v) is 8.04. The molecule has 5 heteroatoms. The average molecular weight is 376 g/mol. The number of ether oxygens (including phenoxy) is 1. The van der Waals surface area contributed by atoms with Crippen LogP contribution in [0.1, 0.15) is 36.1 Å². The van der Waals surface area contributed by atoms with E-state index < -0.39 is 16.9 Å². The molecular formula is C21H29NO3S. The van der Waals surface area contributed by atoms with Crippen molar-refractivity contribution in [2.24, 2.45) is 0 Å². The number of hydrogen-bond donors (Lipinski definition) is 2. The predicted octanol–water partition coefficient (Wildman–Crippen LogP) is 3.39. The second-order valence-electron chi connectivity index (χ2n) is 6.69. The van der Waals surface area contributed by atoms with Crippen molar-refractivity contribution < 1.29 is 14.1 Å². The number of hydrogen-bond acceptors (Lipinski definition) is 4. The van der Waals surface area contributed by atoms with Crippen molar-refractivity contribution >= 4 is 10.8 Å². The molecule has 0 spiro atoms. The molecule has 3 unspecified atom stereocenters. The minimum Gasteiger partial charge on any atom is -0.497 e. The zero-order chi connectivity index (χ0) is 19.1. The number of aliphatic hydroxyl groups is 1. The van der Waals surface area contributed by atoms with Gasteiger partial charge >= 0.3 is 0 Å². The van der Waals surface area contributed by atoms with Crippen LogP contribution in [-0.2, 0) is 17.2 Å². The lowest BCUT2D eigenvalue weighted by molar-refractivity contribution is 0.170. The van der Waals surface area contributed by atoms with Crippen LogP contribution in [0.5, 0.6) is 5.75 Å². The van der Waals surface area contributed by atoms with Crippen LogP contribution in [0.3, 0.4) is 0 Å². The van der Waals surface area contributed by atoms with E-state index >= 15 is 0 Å². The highest BCUT2D eigenvalue weighted by Gasteiger charge is 2.12. The highest BCUT2D eigenvalue weighted by Crippen LogP contribution is 2.20. The molecule has 2 aromatic rings. The minimum absolute atomic E-state index is 0.289. The first kappa shape index (κ1) is 20.6. The van der Waals surface area contributed by atoms with E-state index in [4.69, 9.17) is 4.74 Å². The van der Waals surface area contributed by atoms with Crippen LogP contribution in [0.25, 0.3) is 0 Å². The summed E-state index contributed by atoms with van der Waals surface area (Å²) < 4.78 is 16.9. The van der Waals surface area contributed by atoms with Gasteiger partial charge in [-0.2, -0.15) is 0 Å². The number of aliphatic hydroxyl groups excluding tert-OH is 1. The molecule has 0 amide bonds. The quantitative estimate of drug-likeness (QED) is 0.705. The van der Waals surface area contributed by atoms with Gasteiger partial charge in [-0.3, -0.25) is 4.21 Å². The summed E-state index contributed by atoms with van der Waals surface area (Å²) in [5, 5.41) is 13.8. The van der Waals surface area contributed by atoms with Gasteiger partial charge in [-0.25, -0.2) is 0 Å². The lowest BCUT2D eigenvalue weighted by atomic mass is 10.0. The Kier molecular flexibility index (Phi) is 7.82. The molecule has 26 heavy (non-hydrogen) atoms. The number of benzene rings is 2. The predicted molar refractivity (Wildman–Crippen MR) is 107 cm³/mol. The first-order valence-corrected chi connectivity index (χ1v) is 10.4. The fourth-order valence-electron chi connectivity index (χ4n) is 2.84. The Morgan fingerprint density at radius 3 is 2.50 bits per heavy atom. The minimum atomic E-state index is -1.05. The van der Waals surface area contributed by atoms with E-state index in [0.717, 1.165) is 34.6 Å². The molecule has 4 nitrogen and oxygen atoms in total. The summed E-state index contributed by atoms with van der Waals surface area (Å²) in [6.07, 6.45) is 3.01. The Balaban J connectivity index is 1.83. The third-order valence-electron chi connectivity index (χ3n) is 4.59. The Hall–Kier alpha value is -1.69. The summed E-state index contributed by atoms with van der Waals surface area (Å²) in [6.45, 7) is 4.53. The van der Waals surface area contributed by atoms with E-state index in [9.17, 15) is 9.32 Å². The maximum Gasteiger partial charge on any atom is 0.118 e. The van der Waals surface area contributed by atoms with E-state index in [1.54, 1.807) is 13.4 Å². The van der Waals surface area contributed by atoms with Crippen LogP contribution < -0.4 is 10.1 Å². The van der Waals surface area contributed by atoms with Crippen molar-refractivity contribution in [1.29, 1.82) is 0 Å². The molecule has 0 aromatic heterocycles. The molecule has 0 aliphatic rings. The fraction of sp³-hybridized carbons (Fsp3) is 0.429. The van der Waals surface area contributed by atoms with Crippen LogP contribution in [0, 0.1) is 6.92 Å². The van der Waals surface area contributed by atoms with Gasteiger partial charge in [0.2, 0.25) is 0 Å². The van der Waals surface area contributed by atoms with Crippen molar-refractivity contribution in [3.05, 3.63) is 59.2 Å². The Morgan fingerprint density at radius 1 is 1.19 bits per heavy atom. The second kappa shape index (κ2) is 9.86. The summed E-state index contributed by atoms with van der Waals surface area (Å²) in [5.74, 6) is 0.869. The Labute approximate surface area is 159 Å². The molecule has 142 valence electrons. The van der Waals surface area contributed by atoms with Crippen molar-refractivity contribution in [2.75, 3.05) is 19.9 Å². The number of rotatable bonds is 9. The van der Waals surface area contributed by atoms with Gasteiger partial charge in [0.1, 0.15) is 5.75 Å². The van der Waals surface area contributed by atoms with Crippen LogP contribution >= 0.6 is 0 Å². The number of nitrogens with one attached hydrogen (secondary N) is 1. The summed E-state index contributed by atoms with van der Waals surface area (Å²) >= 11 is 0. The highest BCUT2D eigenvalue weighted by atomic mass is 32.2. The zero-order valence-electron chi connectivity index (χ0n) is 16.0. The third kappa shape index (κ3) is 5.94. The molecule has 0 saturated carbocycles. The van der Waals surface area contributed by atoms with Crippen molar-refractivity contribution in [3.8, 4) is 5.75 Å². The summed E-state index contributed by atoms with van der Waals surface area (Å²) in [4.78, 5) is 0.786. The van der Waals surface area contributed by atoms with Gasteiger partial charge in [0.25, 0.3) is 0 Å². The maximum atomic E-state index is 11.8. The molecule has 0 bridgehead atoms. The Morgan fingerprint density at radius 2 is 1.88 bits per heavy atom. The average Bonchev–Trinajstić information content (AvgIpc) is 2.64. The van der Waals surface area contributed by atoms with Crippen LogP contribution in [0.2, 0.25) is 0 Å². The molecular weight excluding hydrogens is 346 g/mol. The van der Waals surface area contributed by atoms with Gasteiger partial charge in [-0.1, -0.05) is 24.3 Å². The smallest absolute Gasteiger partial charge is 0.118 e. The maximum absolute atomic E-state index is 11.8. The van der Waals surface area contributed by atoms with Crippen LogP contribution in [0.4, 0.5) is 0 Å². The first-order valence-electron chi connectivity index (χ1n) is 8.89. The largest absolute Gasteiger partial charge is 0.497 e. The van der Waals surface area contributed by atoms with Gasteiger partial charge in [-0.15, -0.1) is 0 Å².